The third kappa shape index (κ3) is 5.78. The zero-order valence-corrected chi connectivity index (χ0v) is 15.0. The minimum atomic E-state index is -1.24. The van der Waals surface area contributed by atoms with Crippen LogP contribution in [0, 0.1) is 0 Å². The quantitative estimate of drug-likeness (QED) is 0.459. The summed E-state index contributed by atoms with van der Waals surface area (Å²) < 4.78 is 11.5. The van der Waals surface area contributed by atoms with Gasteiger partial charge in [-0.2, -0.15) is 0 Å². The van der Waals surface area contributed by atoms with Crippen LogP contribution in [0.5, 0.6) is 0 Å². The van der Waals surface area contributed by atoms with Crippen molar-refractivity contribution in [2.24, 2.45) is 0 Å². The molecule has 0 saturated heterocycles. The summed E-state index contributed by atoms with van der Waals surface area (Å²) in [6, 6.07) is 0.943. The fraction of sp³-hybridized carbons (Fsp3) is 0.615. The highest BCUT2D eigenvalue weighted by Crippen LogP contribution is 2.11. The number of ether oxygens (including phenoxy) is 2. The zero-order valence-electron chi connectivity index (χ0n) is 13.2. The Kier molecular flexibility index (Phi) is 6.58. The van der Waals surface area contributed by atoms with E-state index in [4.69, 9.17) is 21.1 Å². The van der Waals surface area contributed by atoms with Gasteiger partial charge >= 0.3 is 11.7 Å². The molecule has 0 saturated carbocycles. The Morgan fingerprint density at radius 2 is 1.95 bits per heavy atom. The van der Waals surface area contributed by atoms with Gasteiger partial charge in [-0.15, -0.1) is 0 Å². The Morgan fingerprint density at radius 3 is 2.50 bits per heavy atom. The molecule has 0 amide bonds. The van der Waals surface area contributed by atoms with E-state index in [0.29, 0.717) is 6.61 Å². The molecular formula is C13H21ClN2O5Si. The maximum atomic E-state index is 11.9. The molecule has 0 aliphatic rings. The van der Waals surface area contributed by atoms with Crippen molar-refractivity contribution in [3.8, 4) is 0 Å². The molecule has 9 heteroatoms. The molecule has 0 atom stereocenters. The van der Waals surface area contributed by atoms with Crippen molar-refractivity contribution in [1.82, 2.24) is 9.55 Å². The first-order valence-corrected chi connectivity index (χ1v) is 10.9. The Morgan fingerprint density at radius 1 is 1.32 bits per heavy atom. The van der Waals surface area contributed by atoms with Crippen molar-refractivity contribution < 1.29 is 14.3 Å². The first kappa shape index (κ1) is 18.7. The molecule has 22 heavy (non-hydrogen) atoms. The van der Waals surface area contributed by atoms with Crippen LogP contribution in [0.2, 0.25) is 30.7 Å². The number of nitrogens with one attached hydrogen (secondary N) is 1. The third-order valence-electron chi connectivity index (χ3n) is 2.87. The van der Waals surface area contributed by atoms with E-state index in [1.807, 2.05) is 0 Å². The molecule has 0 fully saturated rings. The predicted molar refractivity (Wildman–Crippen MR) is 85.9 cm³/mol. The smallest absolute Gasteiger partial charge is 0.330 e. The van der Waals surface area contributed by atoms with Crippen molar-refractivity contribution in [2.75, 3.05) is 6.61 Å². The number of nitrogens with zero attached hydrogens (tertiary/aromatic N) is 1. The van der Waals surface area contributed by atoms with E-state index in [-0.39, 0.29) is 24.1 Å². The molecule has 7 nitrogen and oxygen atoms in total. The number of aromatic amines is 1. The van der Waals surface area contributed by atoms with Crippen LogP contribution in [-0.4, -0.2) is 30.2 Å². The summed E-state index contributed by atoms with van der Waals surface area (Å²) in [6.07, 6.45) is 0. The summed E-state index contributed by atoms with van der Waals surface area (Å²) in [5.74, 6) is -0.532. The average Bonchev–Trinajstić information content (AvgIpc) is 2.37. The molecule has 0 aliphatic heterocycles. The lowest BCUT2D eigenvalue weighted by molar-refractivity contribution is -0.142. The summed E-state index contributed by atoms with van der Waals surface area (Å²) in [5, 5.41) is -0.186. The second-order valence-electron chi connectivity index (χ2n) is 6.08. The van der Waals surface area contributed by atoms with Gasteiger partial charge in [0.1, 0.15) is 18.4 Å². The van der Waals surface area contributed by atoms with E-state index in [9.17, 15) is 14.4 Å². The lowest BCUT2D eigenvalue weighted by Gasteiger charge is -2.17. The molecule has 1 heterocycles. The highest BCUT2D eigenvalue weighted by Gasteiger charge is 2.16. The second kappa shape index (κ2) is 7.75. The lowest BCUT2D eigenvalue weighted by Crippen LogP contribution is -2.34. The third-order valence-corrected chi connectivity index (χ3v) is 4.97. The Hall–Kier alpha value is -1.38. The van der Waals surface area contributed by atoms with E-state index < -0.39 is 25.3 Å². The van der Waals surface area contributed by atoms with Crippen molar-refractivity contribution in [3.05, 3.63) is 31.6 Å². The molecule has 1 aromatic heterocycles. The van der Waals surface area contributed by atoms with Crippen molar-refractivity contribution in [1.29, 1.82) is 0 Å². The number of hydrogen-bond acceptors (Lipinski definition) is 5. The van der Waals surface area contributed by atoms with E-state index in [0.717, 1.165) is 10.6 Å². The Balaban J connectivity index is 2.92. The van der Waals surface area contributed by atoms with Crippen molar-refractivity contribution in [3.63, 3.8) is 0 Å². The topological polar surface area (TPSA) is 90.4 Å². The lowest BCUT2D eigenvalue weighted by atomic mass is 10.4. The molecule has 0 aromatic carbocycles. The SMILES string of the molecule is CC(=O)OCc1c(Cl)c(=O)[nH]c(=O)n1COCC[Si](C)(C)C. The Labute approximate surface area is 134 Å². The second-order valence-corrected chi connectivity index (χ2v) is 12.1. The Bertz CT molecular complexity index is 647. The summed E-state index contributed by atoms with van der Waals surface area (Å²) in [6.45, 7) is 8.06. The standard InChI is InChI=1S/C13H21ClN2O5Si/c1-9(17)21-7-10-11(14)12(18)15-13(19)16(10)8-20-5-6-22(2,3)4/h5-8H2,1-4H3,(H,15,18,19). The maximum absolute atomic E-state index is 11.9. The van der Waals surface area contributed by atoms with Crippen LogP contribution in [-0.2, 0) is 27.6 Å². The minimum Gasteiger partial charge on any atom is -0.459 e. The molecule has 1 rings (SSSR count). The van der Waals surface area contributed by atoms with Gasteiger partial charge in [-0.05, 0) is 6.04 Å². The molecule has 0 aliphatic carbocycles. The zero-order chi connectivity index (χ0) is 16.9. The molecule has 0 bridgehead atoms. The molecular weight excluding hydrogens is 328 g/mol. The average molecular weight is 349 g/mol. The van der Waals surface area contributed by atoms with Gasteiger partial charge in [0.25, 0.3) is 5.56 Å². The molecule has 1 N–H and O–H groups in total. The molecule has 124 valence electrons. The highest BCUT2D eigenvalue weighted by molar-refractivity contribution is 6.76. The van der Waals surface area contributed by atoms with Gasteiger partial charge in [0.15, 0.2) is 0 Å². The van der Waals surface area contributed by atoms with Crippen LogP contribution >= 0.6 is 11.6 Å². The molecule has 0 unspecified atom stereocenters. The number of carbonyl (C=O) groups is 1. The van der Waals surface area contributed by atoms with E-state index in [1.54, 1.807) is 0 Å². The minimum absolute atomic E-state index is 0.0591. The summed E-state index contributed by atoms with van der Waals surface area (Å²) >= 11 is 5.90. The van der Waals surface area contributed by atoms with E-state index in [2.05, 4.69) is 24.6 Å². The van der Waals surface area contributed by atoms with Gasteiger partial charge < -0.3 is 9.47 Å². The summed E-state index contributed by atoms with van der Waals surface area (Å²) in [4.78, 5) is 36.4. The monoisotopic (exact) mass is 348 g/mol. The fourth-order valence-corrected chi connectivity index (χ4v) is 2.53. The van der Waals surface area contributed by atoms with Crippen LogP contribution in [0.3, 0.4) is 0 Å². The number of H-pyrrole nitrogens is 1. The number of esters is 1. The van der Waals surface area contributed by atoms with Gasteiger partial charge in [-0.1, -0.05) is 31.2 Å². The van der Waals surface area contributed by atoms with Crippen LogP contribution < -0.4 is 11.2 Å². The number of carbonyl (C=O) groups excluding carboxylic acids is 1. The van der Waals surface area contributed by atoms with E-state index in [1.165, 1.54) is 6.92 Å². The molecule has 0 spiro atoms. The number of hydrogen-bond donors (Lipinski definition) is 1. The summed E-state index contributed by atoms with van der Waals surface area (Å²) in [7, 11) is -1.24. The van der Waals surface area contributed by atoms with E-state index >= 15 is 0 Å². The normalized spacial score (nSPS) is 11.5. The molecule has 0 radical (unpaired) electrons. The van der Waals surface area contributed by atoms with Crippen LogP contribution in [0.25, 0.3) is 0 Å². The predicted octanol–water partition coefficient (Wildman–Crippen LogP) is 1.57. The van der Waals surface area contributed by atoms with Gasteiger partial charge in [-0.3, -0.25) is 19.1 Å². The molecule has 1 aromatic rings. The van der Waals surface area contributed by atoms with Gasteiger partial charge in [0.05, 0.1) is 5.69 Å². The largest absolute Gasteiger partial charge is 0.459 e. The van der Waals surface area contributed by atoms with Crippen LogP contribution in [0.4, 0.5) is 0 Å². The first-order chi connectivity index (χ1) is 10.1. The van der Waals surface area contributed by atoms with Gasteiger partial charge in [-0.25, -0.2) is 4.79 Å². The highest BCUT2D eigenvalue weighted by atomic mass is 35.5. The maximum Gasteiger partial charge on any atom is 0.330 e. The van der Waals surface area contributed by atoms with Gasteiger partial charge in [0, 0.05) is 21.6 Å². The summed E-state index contributed by atoms with van der Waals surface area (Å²) in [5.41, 5.74) is -1.24. The number of rotatable bonds is 7. The van der Waals surface area contributed by atoms with Crippen LogP contribution in [0.15, 0.2) is 9.59 Å². The van der Waals surface area contributed by atoms with Crippen molar-refractivity contribution >= 4 is 25.6 Å². The van der Waals surface area contributed by atoms with Crippen LogP contribution in [0.1, 0.15) is 12.6 Å². The number of halogens is 1. The van der Waals surface area contributed by atoms with Gasteiger partial charge in [0.2, 0.25) is 0 Å². The van der Waals surface area contributed by atoms with Crippen molar-refractivity contribution in [2.45, 2.75) is 45.9 Å². The fourth-order valence-electron chi connectivity index (χ4n) is 1.57. The first-order valence-electron chi connectivity index (χ1n) is 6.84. The number of aromatic nitrogens is 2.